The first-order chi connectivity index (χ1) is 10.1. The molecule has 0 spiro atoms. The van der Waals surface area contributed by atoms with Crippen molar-refractivity contribution in [3.05, 3.63) is 63.2 Å². The van der Waals surface area contributed by atoms with Gasteiger partial charge in [0.15, 0.2) is 0 Å². The maximum Gasteiger partial charge on any atom is 0.290 e. The Morgan fingerprint density at radius 1 is 1.33 bits per heavy atom. The van der Waals surface area contributed by atoms with E-state index in [0.29, 0.717) is 18.0 Å². The van der Waals surface area contributed by atoms with Gasteiger partial charge in [-0.15, -0.1) is 0 Å². The molecule has 0 bridgehead atoms. The summed E-state index contributed by atoms with van der Waals surface area (Å²) >= 11 is 5.76. The zero-order chi connectivity index (χ0) is 15.2. The molecule has 0 aliphatic rings. The third kappa shape index (κ3) is 3.79. The van der Waals surface area contributed by atoms with Gasteiger partial charge in [-0.2, -0.15) is 0 Å². The van der Waals surface area contributed by atoms with Crippen LogP contribution in [0.15, 0.2) is 47.5 Å². The van der Waals surface area contributed by atoms with Crippen LogP contribution in [-0.2, 0) is 0 Å². The van der Waals surface area contributed by atoms with E-state index < -0.39 is 4.92 Å². The normalized spacial score (nSPS) is 10.8. The molecule has 0 aliphatic carbocycles. The van der Waals surface area contributed by atoms with Gasteiger partial charge >= 0.3 is 0 Å². The summed E-state index contributed by atoms with van der Waals surface area (Å²) in [6.45, 7) is 2.45. The summed E-state index contributed by atoms with van der Waals surface area (Å²) in [5.41, 5.74) is 1.10. The smallest absolute Gasteiger partial charge is 0.290 e. The van der Waals surface area contributed by atoms with Crippen molar-refractivity contribution >= 4 is 29.2 Å². The fourth-order valence-corrected chi connectivity index (χ4v) is 1.93. The highest BCUT2D eigenvalue weighted by Gasteiger charge is 2.12. The monoisotopic (exact) mass is 304 g/mol. The van der Waals surface area contributed by atoms with Crippen molar-refractivity contribution in [1.29, 1.82) is 0 Å². The summed E-state index contributed by atoms with van der Waals surface area (Å²) in [4.78, 5) is 14.5. The van der Waals surface area contributed by atoms with Gasteiger partial charge in [-0.1, -0.05) is 23.7 Å². The van der Waals surface area contributed by atoms with Crippen LogP contribution < -0.4 is 4.74 Å². The molecule has 0 unspecified atom stereocenters. The Balaban J connectivity index is 2.30. The number of ether oxygens (including phenoxy) is 1. The molecule has 2 rings (SSSR count). The zero-order valence-electron chi connectivity index (χ0n) is 11.3. The number of hydrogen-bond acceptors (Lipinski definition) is 4. The summed E-state index contributed by atoms with van der Waals surface area (Å²) in [5.74, 6) is 0.715. The first kappa shape index (κ1) is 15.0. The Morgan fingerprint density at radius 3 is 2.81 bits per heavy atom. The van der Waals surface area contributed by atoms with E-state index in [-0.39, 0.29) is 10.7 Å². The Hall–Kier alpha value is -2.40. The van der Waals surface area contributed by atoms with Crippen molar-refractivity contribution < 1.29 is 9.66 Å². The van der Waals surface area contributed by atoms with Gasteiger partial charge in [0.05, 0.1) is 17.2 Å². The topological polar surface area (TPSA) is 64.7 Å². The van der Waals surface area contributed by atoms with E-state index in [1.54, 1.807) is 12.3 Å². The quantitative estimate of drug-likeness (QED) is 0.467. The molecule has 21 heavy (non-hydrogen) atoms. The molecule has 0 radical (unpaired) electrons. The lowest BCUT2D eigenvalue weighted by molar-refractivity contribution is -0.384. The van der Waals surface area contributed by atoms with Crippen LogP contribution in [0.1, 0.15) is 12.5 Å². The maximum atomic E-state index is 10.8. The van der Waals surface area contributed by atoms with Crippen LogP contribution in [0.25, 0.3) is 0 Å². The summed E-state index contributed by atoms with van der Waals surface area (Å²) in [6.07, 6.45) is 1.61. The first-order valence-electron chi connectivity index (χ1n) is 6.31. The van der Waals surface area contributed by atoms with Gasteiger partial charge in [-0.25, -0.2) is 0 Å². The number of halogens is 1. The minimum absolute atomic E-state index is 0.0914. The average Bonchev–Trinajstić information content (AvgIpc) is 2.47. The van der Waals surface area contributed by atoms with Gasteiger partial charge in [0, 0.05) is 17.8 Å². The van der Waals surface area contributed by atoms with Crippen molar-refractivity contribution in [3.8, 4) is 5.75 Å². The fourth-order valence-electron chi connectivity index (χ4n) is 1.74. The number of nitro groups is 1. The van der Waals surface area contributed by atoms with Gasteiger partial charge in [-0.05, 0) is 31.2 Å². The molecule has 0 saturated heterocycles. The molecular formula is C15H13ClN2O3. The Labute approximate surface area is 127 Å². The lowest BCUT2D eigenvalue weighted by Crippen LogP contribution is -1.95. The largest absolute Gasteiger partial charge is 0.493 e. The number of nitro benzene ring substituents is 1. The van der Waals surface area contributed by atoms with Crippen molar-refractivity contribution in [2.75, 3.05) is 6.61 Å². The molecule has 0 fully saturated rings. The van der Waals surface area contributed by atoms with Crippen molar-refractivity contribution in [3.63, 3.8) is 0 Å². The Morgan fingerprint density at radius 2 is 2.10 bits per heavy atom. The molecule has 6 heteroatoms. The van der Waals surface area contributed by atoms with Crippen LogP contribution in [0.3, 0.4) is 0 Å². The molecule has 5 nitrogen and oxygen atoms in total. The number of para-hydroxylation sites is 1. The van der Waals surface area contributed by atoms with E-state index in [1.807, 2.05) is 31.2 Å². The van der Waals surface area contributed by atoms with E-state index in [1.165, 1.54) is 12.1 Å². The predicted molar refractivity (Wildman–Crippen MR) is 83.0 cm³/mol. The Bertz CT molecular complexity index is 686. The van der Waals surface area contributed by atoms with E-state index >= 15 is 0 Å². The second-order valence-corrected chi connectivity index (χ2v) is 4.53. The number of aliphatic imine (C=N–C) groups is 1. The highest BCUT2D eigenvalue weighted by molar-refractivity contribution is 6.32. The third-order valence-corrected chi connectivity index (χ3v) is 3.02. The van der Waals surface area contributed by atoms with Gasteiger partial charge in [-0.3, -0.25) is 15.1 Å². The number of nitrogens with zero attached hydrogens (tertiary/aromatic N) is 2. The maximum absolute atomic E-state index is 10.8. The van der Waals surface area contributed by atoms with Crippen LogP contribution in [0.4, 0.5) is 11.4 Å². The minimum atomic E-state index is -0.532. The van der Waals surface area contributed by atoms with Gasteiger partial charge in [0.2, 0.25) is 0 Å². The number of benzene rings is 2. The molecule has 108 valence electrons. The van der Waals surface area contributed by atoms with E-state index in [4.69, 9.17) is 16.3 Å². The molecule has 0 saturated carbocycles. The van der Waals surface area contributed by atoms with Crippen LogP contribution in [0.2, 0.25) is 5.02 Å². The molecule has 0 atom stereocenters. The van der Waals surface area contributed by atoms with Crippen LogP contribution in [-0.4, -0.2) is 17.7 Å². The van der Waals surface area contributed by atoms with Gasteiger partial charge in [0.25, 0.3) is 5.69 Å². The molecule has 0 aromatic heterocycles. The lowest BCUT2D eigenvalue weighted by Gasteiger charge is -2.05. The predicted octanol–water partition coefficient (Wildman–Crippen LogP) is 4.40. The molecule has 0 heterocycles. The fraction of sp³-hybridized carbons (Fsp3) is 0.133. The standard InChI is InChI=1S/C15H13ClN2O3/c1-2-21-15-6-4-3-5-11(15)10-17-12-7-8-13(16)14(9-12)18(19)20/h3-10H,2H2,1H3. The van der Waals surface area contributed by atoms with Crippen LogP contribution >= 0.6 is 11.6 Å². The second-order valence-electron chi connectivity index (χ2n) is 4.12. The highest BCUT2D eigenvalue weighted by Crippen LogP contribution is 2.29. The first-order valence-corrected chi connectivity index (χ1v) is 6.69. The highest BCUT2D eigenvalue weighted by atomic mass is 35.5. The van der Waals surface area contributed by atoms with Gasteiger partial charge in [0.1, 0.15) is 10.8 Å². The summed E-state index contributed by atoms with van der Waals surface area (Å²) in [7, 11) is 0. The average molecular weight is 305 g/mol. The SMILES string of the molecule is CCOc1ccccc1C=Nc1ccc(Cl)c([N+](=O)[O-])c1. The molecule has 2 aromatic rings. The lowest BCUT2D eigenvalue weighted by atomic mass is 10.2. The summed E-state index contributed by atoms with van der Waals surface area (Å²) < 4.78 is 5.49. The van der Waals surface area contributed by atoms with Gasteiger partial charge < -0.3 is 4.74 Å². The molecule has 0 aliphatic heterocycles. The van der Waals surface area contributed by atoms with E-state index in [9.17, 15) is 10.1 Å². The molecular weight excluding hydrogens is 292 g/mol. The molecule has 0 N–H and O–H groups in total. The second kappa shape index (κ2) is 6.85. The van der Waals surface area contributed by atoms with Crippen molar-refractivity contribution in [2.24, 2.45) is 4.99 Å². The molecule has 2 aromatic carbocycles. The van der Waals surface area contributed by atoms with Crippen LogP contribution in [0, 0.1) is 10.1 Å². The van der Waals surface area contributed by atoms with Crippen molar-refractivity contribution in [2.45, 2.75) is 6.92 Å². The van der Waals surface area contributed by atoms with E-state index in [0.717, 1.165) is 5.56 Å². The number of rotatable bonds is 5. The Kier molecular flexibility index (Phi) is 4.90. The van der Waals surface area contributed by atoms with Crippen LogP contribution in [0.5, 0.6) is 5.75 Å². The third-order valence-electron chi connectivity index (χ3n) is 2.70. The summed E-state index contributed by atoms with van der Waals surface area (Å²) in [5, 5.41) is 10.9. The minimum Gasteiger partial charge on any atom is -0.493 e. The summed E-state index contributed by atoms with van der Waals surface area (Å²) in [6, 6.07) is 11.9. The van der Waals surface area contributed by atoms with E-state index in [2.05, 4.69) is 4.99 Å². The molecule has 0 amide bonds. The number of hydrogen-bond donors (Lipinski definition) is 0. The zero-order valence-corrected chi connectivity index (χ0v) is 12.1. The van der Waals surface area contributed by atoms with Crippen molar-refractivity contribution in [1.82, 2.24) is 0 Å².